The lowest BCUT2D eigenvalue weighted by Gasteiger charge is -2.04. The van der Waals surface area contributed by atoms with Crippen molar-refractivity contribution in [2.24, 2.45) is 0 Å². The fourth-order valence-corrected chi connectivity index (χ4v) is 1.41. The second-order valence-electron chi connectivity index (χ2n) is 3.52. The van der Waals surface area contributed by atoms with E-state index in [0.29, 0.717) is 5.82 Å². The van der Waals surface area contributed by atoms with E-state index in [2.05, 4.69) is 21.8 Å². The number of hydrogen-bond donors (Lipinski definition) is 2. The maximum Gasteiger partial charge on any atom is 0.141 e. The van der Waals surface area contributed by atoms with E-state index in [1.165, 1.54) is 12.8 Å². The summed E-state index contributed by atoms with van der Waals surface area (Å²) in [6.07, 6.45) is 4.51. The Bertz CT molecular complexity index is 288. The molecule has 4 heteroatoms. The normalized spacial score (nSPS) is 16.4. The minimum Gasteiger partial charge on any atom is -0.382 e. The summed E-state index contributed by atoms with van der Waals surface area (Å²) < 4.78 is 2.09. The summed E-state index contributed by atoms with van der Waals surface area (Å²) in [7, 11) is 0. The van der Waals surface area contributed by atoms with Crippen LogP contribution in [0.5, 0.6) is 0 Å². The molecule has 0 unspecified atom stereocenters. The highest BCUT2D eigenvalue weighted by Crippen LogP contribution is 2.19. The van der Waals surface area contributed by atoms with E-state index in [0.717, 1.165) is 25.0 Å². The molecule has 0 aromatic carbocycles. The maximum atomic E-state index is 5.62. The van der Waals surface area contributed by atoms with Crippen molar-refractivity contribution < 1.29 is 0 Å². The first-order valence-corrected chi connectivity index (χ1v) is 4.84. The number of rotatable bonds is 4. The highest BCUT2D eigenvalue weighted by Gasteiger charge is 2.20. The van der Waals surface area contributed by atoms with Gasteiger partial charge in [-0.3, -0.25) is 0 Å². The fourth-order valence-electron chi connectivity index (χ4n) is 1.41. The van der Waals surface area contributed by atoms with E-state index in [1.807, 2.05) is 6.20 Å². The van der Waals surface area contributed by atoms with E-state index >= 15 is 0 Å². The molecule has 1 aliphatic rings. The van der Waals surface area contributed by atoms with Gasteiger partial charge >= 0.3 is 0 Å². The smallest absolute Gasteiger partial charge is 0.141 e. The Morgan fingerprint density at radius 3 is 3.08 bits per heavy atom. The van der Waals surface area contributed by atoms with Crippen LogP contribution in [0.25, 0.3) is 0 Å². The van der Waals surface area contributed by atoms with Crippen LogP contribution < -0.4 is 11.1 Å². The molecule has 3 N–H and O–H groups in total. The molecule has 1 saturated carbocycles. The summed E-state index contributed by atoms with van der Waals surface area (Å²) in [5, 5.41) is 3.42. The lowest BCUT2D eigenvalue weighted by Crippen LogP contribution is -2.18. The molecule has 0 bridgehead atoms. The molecule has 2 rings (SSSR count). The van der Waals surface area contributed by atoms with Crippen molar-refractivity contribution in [3.8, 4) is 0 Å². The third kappa shape index (κ3) is 2.01. The van der Waals surface area contributed by atoms with Crippen LogP contribution in [0, 0.1) is 0 Å². The standard InChI is InChI=1S/C9H16N4/c1-2-13-6-8(10)12-9(13)5-11-7-3-4-7/h6-7,11H,2-5,10H2,1H3. The first-order chi connectivity index (χ1) is 6.29. The summed E-state index contributed by atoms with van der Waals surface area (Å²) in [6, 6.07) is 0.725. The Morgan fingerprint density at radius 2 is 2.46 bits per heavy atom. The second-order valence-corrected chi connectivity index (χ2v) is 3.52. The molecule has 0 amide bonds. The van der Waals surface area contributed by atoms with Gasteiger partial charge < -0.3 is 15.6 Å². The summed E-state index contributed by atoms with van der Waals surface area (Å²) in [5.41, 5.74) is 5.62. The molecular formula is C9H16N4. The van der Waals surface area contributed by atoms with Crippen LogP contribution in [-0.4, -0.2) is 15.6 Å². The number of imidazole rings is 1. The minimum atomic E-state index is 0.620. The number of nitrogen functional groups attached to an aromatic ring is 1. The van der Waals surface area contributed by atoms with Crippen LogP contribution >= 0.6 is 0 Å². The van der Waals surface area contributed by atoms with Crippen molar-refractivity contribution in [3.05, 3.63) is 12.0 Å². The third-order valence-electron chi connectivity index (χ3n) is 2.34. The lowest BCUT2D eigenvalue weighted by atomic mass is 10.5. The van der Waals surface area contributed by atoms with Crippen molar-refractivity contribution in [3.63, 3.8) is 0 Å². The average Bonchev–Trinajstić information content (AvgIpc) is 2.87. The van der Waals surface area contributed by atoms with Gasteiger partial charge in [0.15, 0.2) is 0 Å². The highest BCUT2D eigenvalue weighted by atomic mass is 15.1. The highest BCUT2D eigenvalue weighted by molar-refractivity contribution is 5.25. The van der Waals surface area contributed by atoms with E-state index in [4.69, 9.17) is 5.73 Å². The Labute approximate surface area is 78.1 Å². The number of aryl methyl sites for hydroxylation is 1. The Balaban J connectivity index is 1.99. The van der Waals surface area contributed by atoms with Crippen molar-refractivity contribution in [2.45, 2.75) is 38.9 Å². The van der Waals surface area contributed by atoms with Gasteiger partial charge in [0.1, 0.15) is 11.6 Å². The number of anilines is 1. The van der Waals surface area contributed by atoms with Crippen molar-refractivity contribution >= 4 is 5.82 Å². The van der Waals surface area contributed by atoms with Crippen LogP contribution in [-0.2, 0) is 13.1 Å². The number of hydrogen-bond acceptors (Lipinski definition) is 3. The average molecular weight is 180 g/mol. The van der Waals surface area contributed by atoms with Crippen LogP contribution in [0.2, 0.25) is 0 Å². The van der Waals surface area contributed by atoms with E-state index in [1.54, 1.807) is 0 Å². The molecule has 1 aliphatic carbocycles. The number of nitrogens with two attached hydrogens (primary N) is 1. The summed E-state index contributed by atoms with van der Waals surface area (Å²) in [5.74, 6) is 1.67. The van der Waals surface area contributed by atoms with Gasteiger partial charge in [0.25, 0.3) is 0 Å². The molecule has 72 valence electrons. The fraction of sp³-hybridized carbons (Fsp3) is 0.667. The SMILES string of the molecule is CCn1cc(N)nc1CNC1CC1. The van der Waals surface area contributed by atoms with Crippen molar-refractivity contribution in [1.29, 1.82) is 0 Å². The number of aromatic nitrogens is 2. The van der Waals surface area contributed by atoms with Gasteiger partial charge in [-0.05, 0) is 19.8 Å². The largest absolute Gasteiger partial charge is 0.382 e. The van der Waals surface area contributed by atoms with Gasteiger partial charge in [0.05, 0.1) is 6.54 Å². The minimum absolute atomic E-state index is 0.620. The third-order valence-corrected chi connectivity index (χ3v) is 2.34. The molecule has 0 aliphatic heterocycles. The van der Waals surface area contributed by atoms with E-state index in [-0.39, 0.29) is 0 Å². The molecule has 1 aromatic heterocycles. The predicted molar refractivity (Wildman–Crippen MR) is 52.2 cm³/mol. The van der Waals surface area contributed by atoms with Gasteiger partial charge in [-0.1, -0.05) is 0 Å². The van der Waals surface area contributed by atoms with Crippen LogP contribution in [0.1, 0.15) is 25.6 Å². The Morgan fingerprint density at radius 1 is 1.69 bits per heavy atom. The topological polar surface area (TPSA) is 55.9 Å². The van der Waals surface area contributed by atoms with Crippen LogP contribution in [0.4, 0.5) is 5.82 Å². The Kier molecular flexibility index (Phi) is 2.22. The molecule has 1 aromatic rings. The molecule has 0 saturated heterocycles. The quantitative estimate of drug-likeness (QED) is 0.718. The first-order valence-electron chi connectivity index (χ1n) is 4.84. The van der Waals surface area contributed by atoms with Crippen LogP contribution in [0.3, 0.4) is 0 Å². The van der Waals surface area contributed by atoms with E-state index in [9.17, 15) is 0 Å². The monoisotopic (exact) mass is 180 g/mol. The molecule has 0 spiro atoms. The van der Waals surface area contributed by atoms with Crippen LogP contribution in [0.15, 0.2) is 6.20 Å². The summed E-state index contributed by atoms with van der Waals surface area (Å²) >= 11 is 0. The zero-order chi connectivity index (χ0) is 9.26. The Hall–Kier alpha value is -1.03. The number of nitrogens with zero attached hydrogens (tertiary/aromatic N) is 2. The van der Waals surface area contributed by atoms with Gasteiger partial charge in [0, 0.05) is 18.8 Å². The predicted octanol–water partition coefficient (Wildman–Crippen LogP) is 0.737. The summed E-state index contributed by atoms with van der Waals surface area (Å²) in [4.78, 5) is 4.26. The molecular weight excluding hydrogens is 164 g/mol. The number of nitrogens with one attached hydrogen (secondary N) is 1. The second kappa shape index (κ2) is 3.38. The lowest BCUT2D eigenvalue weighted by molar-refractivity contribution is 0.610. The molecule has 4 nitrogen and oxygen atoms in total. The summed E-state index contributed by atoms with van der Waals surface area (Å²) in [6.45, 7) is 3.88. The van der Waals surface area contributed by atoms with Gasteiger partial charge in [-0.15, -0.1) is 0 Å². The zero-order valence-electron chi connectivity index (χ0n) is 7.95. The van der Waals surface area contributed by atoms with Crippen molar-refractivity contribution in [1.82, 2.24) is 14.9 Å². The molecule has 1 fully saturated rings. The van der Waals surface area contributed by atoms with Gasteiger partial charge in [-0.25, -0.2) is 4.98 Å². The first kappa shape index (κ1) is 8.56. The maximum absolute atomic E-state index is 5.62. The van der Waals surface area contributed by atoms with Gasteiger partial charge in [0.2, 0.25) is 0 Å². The molecule has 1 heterocycles. The zero-order valence-corrected chi connectivity index (χ0v) is 7.95. The van der Waals surface area contributed by atoms with Crippen molar-refractivity contribution in [2.75, 3.05) is 5.73 Å². The molecule has 0 radical (unpaired) electrons. The van der Waals surface area contributed by atoms with E-state index < -0.39 is 0 Å². The molecule has 13 heavy (non-hydrogen) atoms. The van der Waals surface area contributed by atoms with Gasteiger partial charge in [-0.2, -0.15) is 0 Å². The molecule has 0 atom stereocenters.